The number of benzene rings is 1. The van der Waals surface area contributed by atoms with Gasteiger partial charge in [-0.05, 0) is 48.9 Å². The number of fused-ring (bicyclic) bond motifs is 1. The molecule has 1 amide bonds. The smallest absolute Gasteiger partial charge is 0.253 e. The molecule has 4 nitrogen and oxygen atoms in total. The Morgan fingerprint density at radius 2 is 1.90 bits per heavy atom. The molecule has 2 fully saturated rings. The Morgan fingerprint density at radius 1 is 1.24 bits per heavy atom. The van der Waals surface area contributed by atoms with E-state index in [1.54, 1.807) is 19.0 Å². The fraction of sp³-hybridized carbons (Fsp3) is 0.588. The van der Waals surface area contributed by atoms with Crippen LogP contribution < -0.4 is 4.74 Å². The average Bonchev–Trinajstić information content (AvgIpc) is 3.10. The molecule has 114 valence electrons. The van der Waals surface area contributed by atoms with E-state index in [4.69, 9.17) is 4.74 Å². The molecule has 2 atom stereocenters. The lowest BCUT2D eigenvalue weighted by molar-refractivity contribution is 0.0827. The van der Waals surface area contributed by atoms with Crippen molar-refractivity contribution in [1.29, 1.82) is 0 Å². The van der Waals surface area contributed by atoms with E-state index in [2.05, 4.69) is 4.90 Å². The maximum atomic E-state index is 11.8. The Labute approximate surface area is 126 Å². The summed E-state index contributed by atoms with van der Waals surface area (Å²) in [6.45, 7) is 4.48. The van der Waals surface area contributed by atoms with Gasteiger partial charge in [-0.15, -0.1) is 0 Å². The van der Waals surface area contributed by atoms with Gasteiger partial charge in [0, 0.05) is 39.3 Å². The second-order valence-corrected chi connectivity index (χ2v) is 6.44. The lowest BCUT2D eigenvalue weighted by Crippen LogP contribution is -2.25. The van der Waals surface area contributed by atoms with Gasteiger partial charge in [-0.2, -0.15) is 0 Å². The minimum atomic E-state index is 0.0224. The zero-order valence-electron chi connectivity index (χ0n) is 12.9. The van der Waals surface area contributed by atoms with E-state index in [0.29, 0.717) is 5.56 Å². The Bertz CT molecular complexity index is 488. The summed E-state index contributed by atoms with van der Waals surface area (Å²) in [7, 11) is 3.52. The van der Waals surface area contributed by atoms with Crippen LogP contribution in [-0.4, -0.2) is 56.0 Å². The van der Waals surface area contributed by atoms with E-state index in [1.165, 1.54) is 19.5 Å². The maximum Gasteiger partial charge on any atom is 0.253 e. The van der Waals surface area contributed by atoms with Crippen LogP contribution in [0, 0.1) is 11.8 Å². The number of carbonyl (C=O) groups excluding carboxylic acids is 1. The van der Waals surface area contributed by atoms with E-state index < -0.39 is 0 Å². The molecule has 0 spiro atoms. The van der Waals surface area contributed by atoms with E-state index in [0.717, 1.165) is 37.2 Å². The first-order valence-corrected chi connectivity index (χ1v) is 7.80. The SMILES string of the molecule is CN(C)C(=O)c1ccc(OCCCN2C[C@H]3C[C@H]3C2)cc1. The molecule has 1 aromatic rings. The normalized spacial score (nSPS) is 23.7. The van der Waals surface area contributed by atoms with Gasteiger partial charge in [-0.25, -0.2) is 0 Å². The summed E-state index contributed by atoms with van der Waals surface area (Å²) >= 11 is 0. The van der Waals surface area contributed by atoms with E-state index in [9.17, 15) is 4.79 Å². The van der Waals surface area contributed by atoms with Crippen LogP contribution >= 0.6 is 0 Å². The Morgan fingerprint density at radius 3 is 2.52 bits per heavy atom. The predicted molar refractivity (Wildman–Crippen MR) is 82.6 cm³/mol. The highest BCUT2D eigenvalue weighted by Gasteiger charge is 2.44. The molecule has 0 aromatic heterocycles. The predicted octanol–water partition coefficient (Wildman–Crippen LogP) is 2.11. The molecule has 1 aliphatic heterocycles. The van der Waals surface area contributed by atoms with E-state index >= 15 is 0 Å². The van der Waals surface area contributed by atoms with Crippen molar-refractivity contribution >= 4 is 5.91 Å². The average molecular weight is 288 g/mol. The molecule has 3 rings (SSSR count). The summed E-state index contributed by atoms with van der Waals surface area (Å²) in [6, 6.07) is 7.40. The van der Waals surface area contributed by atoms with E-state index in [-0.39, 0.29) is 5.91 Å². The van der Waals surface area contributed by atoms with Gasteiger partial charge in [-0.1, -0.05) is 0 Å². The number of carbonyl (C=O) groups is 1. The highest BCUT2D eigenvalue weighted by Crippen LogP contribution is 2.44. The van der Waals surface area contributed by atoms with Crippen molar-refractivity contribution in [2.45, 2.75) is 12.8 Å². The van der Waals surface area contributed by atoms with Crippen molar-refractivity contribution in [3.8, 4) is 5.75 Å². The number of amides is 1. The molecule has 1 aromatic carbocycles. The summed E-state index contributed by atoms with van der Waals surface area (Å²) in [5.41, 5.74) is 0.698. The Balaban J connectivity index is 1.38. The molecule has 1 aliphatic carbocycles. The van der Waals surface area contributed by atoms with Crippen LogP contribution in [-0.2, 0) is 0 Å². The van der Waals surface area contributed by atoms with Crippen LogP contribution in [0.4, 0.5) is 0 Å². The molecule has 0 unspecified atom stereocenters. The Hall–Kier alpha value is -1.55. The number of hydrogen-bond donors (Lipinski definition) is 0. The molecule has 1 saturated heterocycles. The minimum absolute atomic E-state index is 0.0224. The van der Waals surface area contributed by atoms with Gasteiger partial charge in [0.1, 0.15) is 5.75 Å². The summed E-state index contributed by atoms with van der Waals surface area (Å²) in [5, 5.41) is 0. The fourth-order valence-corrected chi connectivity index (χ4v) is 3.11. The third-order valence-electron chi connectivity index (χ3n) is 4.45. The van der Waals surface area contributed by atoms with Crippen molar-refractivity contribution in [3.63, 3.8) is 0 Å². The summed E-state index contributed by atoms with van der Waals surface area (Å²) < 4.78 is 5.75. The van der Waals surface area contributed by atoms with Gasteiger partial charge < -0.3 is 14.5 Å². The second-order valence-electron chi connectivity index (χ2n) is 6.44. The third kappa shape index (κ3) is 3.56. The third-order valence-corrected chi connectivity index (χ3v) is 4.45. The largest absolute Gasteiger partial charge is 0.494 e. The van der Waals surface area contributed by atoms with Crippen molar-refractivity contribution < 1.29 is 9.53 Å². The monoisotopic (exact) mass is 288 g/mol. The quantitative estimate of drug-likeness (QED) is 0.752. The lowest BCUT2D eigenvalue weighted by Gasteiger charge is -2.17. The van der Waals surface area contributed by atoms with E-state index in [1.807, 2.05) is 24.3 Å². The summed E-state index contributed by atoms with van der Waals surface area (Å²) in [4.78, 5) is 15.9. The van der Waals surface area contributed by atoms with Crippen LogP contribution in [0.3, 0.4) is 0 Å². The number of ether oxygens (including phenoxy) is 1. The first-order chi connectivity index (χ1) is 10.1. The van der Waals surface area contributed by atoms with Crippen LogP contribution in [0.15, 0.2) is 24.3 Å². The van der Waals surface area contributed by atoms with Crippen molar-refractivity contribution in [1.82, 2.24) is 9.80 Å². The zero-order valence-corrected chi connectivity index (χ0v) is 12.9. The summed E-state index contributed by atoms with van der Waals surface area (Å²) in [5.74, 6) is 2.88. The van der Waals surface area contributed by atoms with Gasteiger partial charge in [-0.3, -0.25) is 4.79 Å². The van der Waals surface area contributed by atoms with Crippen LogP contribution in [0.2, 0.25) is 0 Å². The molecule has 0 radical (unpaired) electrons. The lowest BCUT2D eigenvalue weighted by atomic mass is 10.2. The first-order valence-electron chi connectivity index (χ1n) is 7.80. The highest BCUT2D eigenvalue weighted by molar-refractivity contribution is 5.93. The summed E-state index contributed by atoms with van der Waals surface area (Å²) in [6.07, 6.45) is 2.53. The molecular weight excluding hydrogens is 264 g/mol. The molecular formula is C17H24N2O2. The van der Waals surface area contributed by atoms with Crippen molar-refractivity contribution in [2.75, 3.05) is 40.3 Å². The van der Waals surface area contributed by atoms with Crippen LogP contribution in [0.5, 0.6) is 5.75 Å². The molecule has 1 saturated carbocycles. The standard InChI is InChI=1S/C17H24N2O2/c1-18(2)17(20)13-4-6-16(7-5-13)21-9-3-8-19-11-14-10-15(14)12-19/h4-7,14-15H,3,8-12H2,1-2H3/t14-,15+. The van der Waals surface area contributed by atoms with Gasteiger partial charge in [0.05, 0.1) is 6.61 Å². The van der Waals surface area contributed by atoms with Gasteiger partial charge in [0.15, 0.2) is 0 Å². The number of nitrogens with zero attached hydrogens (tertiary/aromatic N) is 2. The van der Waals surface area contributed by atoms with Crippen LogP contribution in [0.1, 0.15) is 23.2 Å². The van der Waals surface area contributed by atoms with Crippen molar-refractivity contribution in [3.05, 3.63) is 29.8 Å². The van der Waals surface area contributed by atoms with Crippen molar-refractivity contribution in [2.24, 2.45) is 11.8 Å². The van der Waals surface area contributed by atoms with Gasteiger partial charge >= 0.3 is 0 Å². The van der Waals surface area contributed by atoms with Crippen LogP contribution in [0.25, 0.3) is 0 Å². The number of likely N-dealkylation sites (tertiary alicyclic amines) is 1. The highest BCUT2D eigenvalue weighted by atomic mass is 16.5. The molecule has 1 heterocycles. The Kier molecular flexibility index (Phi) is 4.15. The zero-order chi connectivity index (χ0) is 14.8. The second kappa shape index (κ2) is 6.06. The number of piperidine rings is 1. The first kappa shape index (κ1) is 14.4. The molecule has 0 bridgehead atoms. The topological polar surface area (TPSA) is 32.8 Å². The fourth-order valence-electron chi connectivity index (χ4n) is 3.11. The van der Waals surface area contributed by atoms with Gasteiger partial charge in [0.2, 0.25) is 0 Å². The molecule has 0 N–H and O–H groups in total. The maximum absolute atomic E-state index is 11.8. The number of rotatable bonds is 6. The minimum Gasteiger partial charge on any atom is -0.494 e. The van der Waals surface area contributed by atoms with Gasteiger partial charge in [0.25, 0.3) is 5.91 Å². The molecule has 2 aliphatic rings. The molecule has 21 heavy (non-hydrogen) atoms. The number of hydrogen-bond acceptors (Lipinski definition) is 3. The molecule has 4 heteroatoms.